The van der Waals surface area contributed by atoms with Crippen LogP contribution in [0.5, 0.6) is 0 Å². The minimum Gasteiger partial charge on any atom is -0.465 e. The van der Waals surface area contributed by atoms with Gasteiger partial charge in [-0.2, -0.15) is 0 Å². The second-order valence-corrected chi connectivity index (χ2v) is 11.6. The topological polar surface area (TPSA) is 148 Å². The summed E-state index contributed by atoms with van der Waals surface area (Å²) in [6, 6.07) is 24.5. The predicted molar refractivity (Wildman–Crippen MR) is 168 cm³/mol. The molecule has 2 fully saturated rings. The Morgan fingerprint density at radius 2 is 1.74 bits per heavy atom. The number of nitrogen functional groups attached to an aromatic ring is 1. The number of amides is 1. The number of piperidine rings is 1. The van der Waals surface area contributed by atoms with Crippen LogP contribution in [-0.4, -0.2) is 49.9 Å². The van der Waals surface area contributed by atoms with E-state index in [1.165, 1.54) is 0 Å². The van der Waals surface area contributed by atoms with E-state index >= 15 is 0 Å². The molecule has 1 saturated carbocycles. The molecule has 0 radical (unpaired) electrons. The van der Waals surface area contributed by atoms with Gasteiger partial charge in [0.15, 0.2) is 11.5 Å². The van der Waals surface area contributed by atoms with Gasteiger partial charge in [-0.25, -0.2) is 19.7 Å². The van der Waals surface area contributed by atoms with E-state index in [1.54, 1.807) is 6.20 Å². The standard InChI is InChI=1S/C33H34N8O2/c34-29-26(6-2-17-36-29)30-39-28-12-11-27(21-4-1-5-25(20-21)40-18-13-23(14-19-40)37-32(42)43)38-31(28)41(30)24-9-7-22(8-10-24)33(35)15-3-16-33/h1-2,4-12,17,20,23,37H,3,13-16,18-19,35H2,(H2,34,36)(H,42,43). The highest BCUT2D eigenvalue weighted by atomic mass is 16.4. The van der Waals surface area contributed by atoms with Gasteiger partial charge >= 0.3 is 6.09 Å². The van der Waals surface area contributed by atoms with Crippen LogP contribution >= 0.6 is 0 Å². The molecular formula is C33H34N8O2. The fraction of sp³-hybridized carbons (Fsp3) is 0.273. The molecule has 10 heteroatoms. The molecule has 0 bridgehead atoms. The number of nitrogens with two attached hydrogens (primary N) is 2. The maximum Gasteiger partial charge on any atom is 0.404 e. The number of carboxylic acid groups (broad SMARTS) is 1. The van der Waals surface area contributed by atoms with Crippen molar-refractivity contribution in [1.82, 2.24) is 24.8 Å². The highest BCUT2D eigenvalue weighted by molar-refractivity contribution is 5.85. The van der Waals surface area contributed by atoms with Crippen LogP contribution in [0.25, 0.3) is 39.5 Å². The molecule has 3 aromatic heterocycles. The summed E-state index contributed by atoms with van der Waals surface area (Å²) in [5, 5.41) is 11.7. The second-order valence-electron chi connectivity index (χ2n) is 11.6. The third-order valence-corrected chi connectivity index (χ3v) is 8.86. The molecule has 4 heterocycles. The lowest BCUT2D eigenvalue weighted by atomic mass is 9.73. The van der Waals surface area contributed by atoms with Gasteiger partial charge in [0.1, 0.15) is 11.3 Å². The summed E-state index contributed by atoms with van der Waals surface area (Å²) in [4.78, 5) is 27.8. The Hall–Kier alpha value is -4.96. The predicted octanol–water partition coefficient (Wildman–Crippen LogP) is 5.31. The molecule has 218 valence electrons. The highest BCUT2D eigenvalue weighted by Crippen LogP contribution is 2.39. The molecule has 6 N–H and O–H groups in total. The van der Waals surface area contributed by atoms with E-state index < -0.39 is 6.09 Å². The fourth-order valence-corrected chi connectivity index (χ4v) is 6.26. The summed E-state index contributed by atoms with van der Waals surface area (Å²) in [6.45, 7) is 1.56. The van der Waals surface area contributed by atoms with E-state index in [4.69, 9.17) is 26.5 Å². The smallest absolute Gasteiger partial charge is 0.404 e. The van der Waals surface area contributed by atoms with Gasteiger partial charge in [0, 0.05) is 47.8 Å². The SMILES string of the molecule is Nc1ncccc1-c1nc2ccc(-c3cccc(N4CCC(NC(=O)O)CC4)c3)nc2n1-c1ccc(C2(N)CCC2)cc1. The van der Waals surface area contributed by atoms with E-state index in [-0.39, 0.29) is 11.6 Å². The number of imidazole rings is 1. The highest BCUT2D eigenvalue weighted by Gasteiger charge is 2.34. The van der Waals surface area contributed by atoms with Crippen LogP contribution in [0, 0.1) is 0 Å². The Morgan fingerprint density at radius 3 is 2.44 bits per heavy atom. The molecule has 0 unspecified atom stereocenters. The summed E-state index contributed by atoms with van der Waals surface area (Å²) in [5.41, 5.74) is 19.9. The Morgan fingerprint density at radius 1 is 0.953 bits per heavy atom. The van der Waals surface area contributed by atoms with Gasteiger partial charge in [-0.15, -0.1) is 0 Å². The third-order valence-electron chi connectivity index (χ3n) is 8.86. The zero-order valence-electron chi connectivity index (χ0n) is 23.8. The number of nitrogens with zero attached hydrogens (tertiary/aromatic N) is 5. The van der Waals surface area contributed by atoms with Crippen molar-refractivity contribution in [2.45, 2.75) is 43.7 Å². The van der Waals surface area contributed by atoms with E-state index in [0.29, 0.717) is 11.6 Å². The van der Waals surface area contributed by atoms with Crippen molar-refractivity contribution in [1.29, 1.82) is 0 Å². The minimum absolute atomic E-state index is 0.0116. The number of anilines is 2. The Kier molecular flexibility index (Phi) is 6.70. The lowest BCUT2D eigenvalue weighted by Gasteiger charge is -2.38. The average Bonchev–Trinajstić information content (AvgIpc) is 3.39. The van der Waals surface area contributed by atoms with Gasteiger partial charge in [0.2, 0.25) is 0 Å². The van der Waals surface area contributed by atoms with Crippen molar-refractivity contribution < 1.29 is 9.90 Å². The lowest BCUT2D eigenvalue weighted by Crippen LogP contribution is -2.44. The first-order valence-electron chi connectivity index (χ1n) is 14.7. The largest absolute Gasteiger partial charge is 0.465 e. The zero-order chi connectivity index (χ0) is 29.6. The summed E-state index contributed by atoms with van der Waals surface area (Å²) in [5.74, 6) is 1.08. The molecule has 1 aliphatic carbocycles. The summed E-state index contributed by atoms with van der Waals surface area (Å²) in [7, 11) is 0. The number of carbonyl (C=O) groups is 1. The molecule has 2 aliphatic rings. The Balaban J connectivity index is 1.27. The van der Waals surface area contributed by atoms with Gasteiger partial charge in [-0.05, 0) is 86.2 Å². The van der Waals surface area contributed by atoms with E-state index in [2.05, 4.69) is 57.7 Å². The van der Waals surface area contributed by atoms with Crippen molar-refractivity contribution in [2.24, 2.45) is 5.73 Å². The van der Waals surface area contributed by atoms with Crippen LogP contribution in [0.1, 0.15) is 37.7 Å². The van der Waals surface area contributed by atoms with Gasteiger partial charge in [-0.1, -0.05) is 24.3 Å². The number of fused-ring (bicyclic) bond motifs is 1. The van der Waals surface area contributed by atoms with Gasteiger partial charge in [-0.3, -0.25) is 4.57 Å². The van der Waals surface area contributed by atoms with Gasteiger partial charge in [0.25, 0.3) is 0 Å². The second kappa shape index (κ2) is 10.7. The van der Waals surface area contributed by atoms with Crippen LogP contribution in [0.4, 0.5) is 16.3 Å². The van der Waals surface area contributed by atoms with Crippen molar-refractivity contribution >= 4 is 28.8 Å². The van der Waals surface area contributed by atoms with E-state index in [9.17, 15) is 4.79 Å². The Bertz CT molecular complexity index is 1800. The molecule has 1 amide bonds. The van der Waals surface area contributed by atoms with Crippen LogP contribution < -0.4 is 21.7 Å². The van der Waals surface area contributed by atoms with Crippen molar-refractivity contribution in [3.8, 4) is 28.3 Å². The molecule has 2 aromatic carbocycles. The molecule has 43 heavy (non-hydrogen) atoms. The number of rotatable bonds is 6. The average molecular weight is 575 g/mol. The van der Waals surface area contributed by atoms with Crippen LogP contribution in [0.15, 0.2) is 79.0 Å². The number of hydrogen-bond donors (Lipinski definition) is 4. The minimum atomic E-state index is -0.965. The van der Waals surface area contributed by atoms with E-state index in [0.717, 1.165) is 90.1 Å². The first-order valence-corrected chi connectivity index (χ1v) is 14.7. The van der Waals surface area contributed by atoms with Crippen molar-refractivity contribution in [3.63, 3.8) is 0 Å². The molecule has 0 atom stereocenters. The van der Waals surface area contributed by atoms with Crippen LogP contribution in [-0.2, 0) is 5.54 Å². The van der Waals surface area contributed by atoms with E-state index in [1.807, 2.05) is 34.9 Å². The third kappa shape index (κ3) is 5.03. The van der Waals surface area contributed by atoms with Crippen molar-refractivity contribution in [3.05, 3.63) is 84.6 Å². The maximum atomic E-state index is 11.0. The van der Waals surface area contributed by atoms with Gasteiger partial charge < -0.3 is 26.8 Å². The lowest BCUT2D eigenvalue weighted by molar-refractivity contribution is 0.187. The van der Waals surface area contributed by atoms with Crippen LogP contribution in [0.3, 0.4) is 0 Å². The molecule has 7 rings (SSSR count). The fourth-order valence-electron chi connectivity index (χ4n) is 6.26. The molecule has 10 nitrogen and oxygen atoms in total. The molecule has 5 aromatic rings. The number of nitrogens with one attached hydrogen (secondary N) is 1. The number of aromatic nitrogens is 4. The number of pyridine rings is 2. The molecule has 1 aliphatic heterocycles. The Labute approximate surface area is 249 Å². The monoisotopic (exact) mass is 574 g/mol. The quantitative estimate of drug-likeness (QED) is 0.213. The molecule has 1 saturated heterocycles. The summed E-state index contributed by atoms with van der Waals surface area (Å²) >= 11 is 0. The van der Waals surface area contributed by atoms with Crippen LogP contribution in [0.2, 0.25) is 0 Å². The first kappa shape index (κ1) is 26.9. The molecule has 0 spiro atoms. The number of hydrogen-bond acceptors (Lipinski definition) is 7. The number of benzene rings is 2. The summed E-state index contributed by atoms with van der Waals surface area (Å²) < 4.78 is 2.05. The normalized spacial score (nSPS) is 16.6. The first-order chi connectivity index (χ1) is 20.9. The molecular weight excluding hydrogens is 540 g/mol. The maximum absolute atomic E-state index is 11.0. The van der Waals surface area contributed by atoms with Crippen molar-refractivity contribution in [2.75, 3.05) is 23.7 Å². The van der Waals surface area contributed by atoms with Gasteiger partial charge in [0.05, 0.1) is 11.3 Å². The summed E-state index contributed by atoms with van der Waals surface area (Å²) in [6.07, 6.45) is 5.40. The zero-order valence-corrected chi connectivity index (χ0v) is 23.8.